The zero-order valence-electron chi connectivity index (χ0n) is 9.77. The van der Waals surface area contributed by atoms with Crippen LogP contribution in [-0.4, -0.2) is 5.78 Å². The molecule has 90 valence electrons. The van der Waals surface area contributed by atoms with Gasteiger partial charge in [-0.25, -0.2) is 0 Å². The van der Waals surface area contributed by atoms with E-state index < -0.39 is 0 Å². The minimum absolute atomic E-state index is 0.142. The zero-order valence-corrected chi connectivity index (χ0v) is 10.6. The van der Waals surface area contributed by atoms with Crippen LogP contribution in [0.25, 0.3) is 20.7 Å². The number of furan rings is 1. The first kappa shape index (κ1) is 11.0. The van der Waals surface area contributed by atoms with Gasteiger partial charge >= 0.3 is 0 Å². The van der Waals surface area contributed by atoms with Gasteiger partial charge in [0, 0.05) is 17.9 Å². The van der Waals surface area contributed by atoms with Gasteiger partial charge in [-0.2, -0.15) is 0 Å². The average molecular weight is 257 g/mol. The van der Waals surface area contributed by atoms with Crippen LogP contribution in [0.3, 0.4) is 0 Å². The van der Waals surface area contributed by atoms with Gasteiger partial charge in [0.1, 0.15) is 5.58 Å². The van der Waals surface area contributed by atoms with Crippen molar-refractivity contribution in [2.45, 2.75) is 6.92 Å². The number of hydrogen-bond donors (Lipinski definition) is 1. The van der Waals surface area contributed by atoms with E-state index in [-0.39, 0.29) is 11.5 Å². The van der Waals surface area contributed by atoms with Crippen LogP contribution < -0.4 is 5.73 Å². The van der Waals surface area contributed by atoms with Crippen molar-refractivity contribution in [2.24, 2.45) is 0 Å². The summed E-state index contributed by atoms with van der Waals surface area (Å²) < 4.78 is 6.34. The maximum absolute atomic E-state index is 11.3. The number of anilines is 1. The summed E-state index contributed by atoms with van der Waals surface area (Å²) in [6.45, 7) is 1.46. The molecule has 0 radical (unpaired) electrons. The second kappa shape index (κ2) is 3.99. The Morgan fingerprint density at radius 2 is 2.00 bits per heavy atom. The van der Waals surface area contributed by atoms with Crippen molar-refractivity contribution in [3.63, 3.8) is 0 Å². The van der Waals surface area contributed by atoms with Crippen molar-refractivity contribution in [3.8, 4) is 10.4 Å². The number of ketones is 1. The normalized spacial score (nSPS) is 10.9. The Balaban J connectivity index is 2.17. The first-order valence-corrected chi connectivity index (χ1v) is 6.36. The third-order valence-corrected chi connectivity index (χ3v) is 3.98. The maximum Gasteiger partial charge on any atom is 0.197 e. The number of hydrogen-bond acceptors (Lipinski definition) is 4. The Bertz CT molecular complexity index is 725. The Labute approximate surface area is 108 Å². The van der Waals surface area contributed by atoms with E-state index in [9.17, 15) is 4.79 Å². The van der Waals surface area contributed by atoms with Gasteiger partial charge in [-0.15, -0.1) is 11.3 Å². The highest BCUT2D eigenvalue weighted by atomic mass is 32.1. The number of carbonyl (C=O) groups is 1. The third-order valence-electron chi connectivity index (χ3n) is 2.78. The molecule has 0 aliphatic rings. The van der Waals surface area contributed by atoms with Gasteiger partial charge in [-0.05, 0) is 5.56 Å². The highest BCUT2D eigenvalue weighted by Gasteiger charge is 2.18. The predicted octanol–water partition coefficient (Wildman–Crippen LogP) is 3.95. The lowest BCUT2D eigenvalue weighted by atomic mass is 10.2. The fourth-order valence-electron chi connectivity index (χ4n) is 1.91. The summed E-state index contributed by atoms with van der Waals surface area (Å²) in [4.78, 5) is 12.4. The van der Waals surface area contributed by atoms with Crippen LogP contribution in [-0.2, 0) is 0 Å². The topological polar surface area (TPSA) is 56.2 Å². The maximum atomic E-state index is 11.3. The van der Waals surface area contributed by atoms with Crippen LogP contribution >= 0.6 is 11.3 Å². The van der Waals surface area contributed by atoms with Gasteiger partial charge < -0.3 is 10.2 Å². The molecule has 4 heteroatoms. The van der Waals surface area contributed by atoms with E-state index in [0.717, 1.165) is 15.1 Å². The van der Waals surface area contributed by atoms with Gasteiger partial charge in [0.2, 0.25) is 0 Å². The molecular formula is C14H11NO2S. The molecule has 0 saturated carbocycles. The molecule has 0 amide bonds. The standard InChI is InChI=1S/C14H11NO2S/c1-8(16)13-12(15)14-10(17-13)7-11(18-14)9-5-3-2-4-6-9/h2-7H,15H2,1H3. The molecule has 2 aromatic heterocycles. The number of benzene rings is 1. The Morgan fingerprint density at radius 1 is 1.28 bits per heavy atom. The van der Waals surface area contributed by atoms with Crippen LogP contribution in [0.2, 0.25) is 0 Å². The molecule has 0 unspecified atom stereocenters. The molecule has 3 aromatic rings. The lowest BCUT2D eigenvalue weighted by Crippen LogP contribution is -1.94. The van der Waals surface area contributed by atoms with E-state index in [4.69, 9.17) is 10.2 Å². The van der Waals surface area contributed by atoms with Crippen molar-refractivity contribution in [2.75, 3.05) is 5.73 Å². The lowest BCUT2D eigenvalue weighted by molar-refractivity contribution is 0.0990. The number of carbonyl (C=O) groups excluding carboxylic acids is 1. The quantitative estimate of drug-likeness (QED) is 0.707. The molecule has 1 aromatic carbocycles. The summed E-state index contributed by atoms with van der Waals surface area (Å²) in [5, 5.41) is 0. The van der Waals surface area contributed by atoms with Crippen molar-refractivity contribution in [3.05, 3.63) is 42.2 Å². The van der Waals surface area contributed by atoms with Crippen molar-refractivity contribution < 1.29 is 9.21 Å². The number of rotatable bonds is 2. The minimum Gasteiger partial charge on any atom is -0.450 e. The summed E-state index contributed by atoms with van der Waals surface area (Å²) in [6, 6.07) is 11.9. The molecule has 0 bridgehead atoms. The lowest BCUT2D eigenvalue weighted by Gasteiger charge is -1.95. The number of Topliss-reactive ketones (excluding diaryl/α,β-unsaturated/α-hetero) is 1. The molecule has 0 spiro atoms. The first-order valence-electron chi connectivity index (χ1n) is 5.55. The van der Waals surface area contributed by atoms with Gasteiger partial charge in [0.05, 0.1) is 10.4 Å². The third kappa shape index (κ3) is 1.62. The van der Waals surface area contributed by atoms with Crippen molar-refractivity contribution in [1.82, 2.24) is 0 Å². The van der Waals surface area contributed by atoms with E-state index >= 15 is 0 Å². The largest absolute Gasteiger partial charge is 0.450 e. The minimum atomic E-state index is -0.142. The molecule has 18 heavy (non-hydrogen) atoms. The predicted molar refractivity (Wildman–Crippen MR) is 73.9 cm³/mol. The molecule has 0 aliphatic carbocycles. The Hall–Kier alpha value is -2.07. The second-order valence-electron chi connectivity index (χ2n) is 4.07. The fraction of sp³-hybridized carbons (Fsp3) is 0.0714. The molecule has 0 atom stereocenters. The summed E-state index contributed by atoms with van der Waals surface area (Å²) in [6.07, 6.45) is 0. The average Bonchev–Trinajstić information content (AvgIpc) is 2.91. The molecule has 2 heterocycles. The molecule has 2 N–H and O–H groups in total. The van der Waals surface area contributed by atoms with Gasteiger partial charge in [-0.3, -0.25) is 4.79 Å². The van der Waals surface area contributed by atoms with Gasteiger partial charge in [0.25, 0.3) is 0 Å². The number of fused-ring (bicyclic) bond motifs is 1. The number of nitrogen functional groups attached to an aromatic ring is 1. The van der Waals surface area contributed by atoms with Crippen LogP contribution in [0, 0.1) is 0 Å². The highest BCUT2D eigenvalue weighted by molar-refractivity contribution is 7.22. The molecule has 0 fully saturated rings. The van der Waals surface area contributed by atoms with E-state index in [2.05, 4.69) is 0 Å². The van der Waals surface area contributed by atoms with Crippen LogP contribution in [0.15, 0.2) is 40.8 Å². The van der Waals surface area contributed by atoms with E-state index in [0.29, 0.717) is 11.3 Å². The molecule has 3 nitrogen and oxygen atoms in total. The summed E-state index contributed by atoms with van der Waals surface area (Å²) in [7, 11) is 0. The number of thiophene rings is 1. The first-order chi connectivity index (χ1) is 8.66. The fourth-order valence-corrected chi connectivity index (χ4v) is 2.96. The monoisotopic (exact) mass is 257 g/mol. The Kier molecular flexibility index (Phi) is 2.45. The number of nitrogens with two attached hydrogens (primary N) is 1. The summed E-state index contributed by atoms with van der Waals surface area (Å²) in [5.74, 6) is 0.119. The molecular weight excluding hydrogens is 246 g/mol. The van der Waals surface area contributed by atoms with E-state index in [1.807, 2.05) is 36.4 Å². The molecule has 0 saturated heterocycles. The zero-order chi connectivity index (χ0) is 12.7. The van der Waals surface area contributed by atoms with Crippen LogP contribution in [0.5, 0.6) is 0 Å². The van der Waals surface area contributed by atoms with Crippen LogP contribution in [0.4, 0.5) is 5.69 Å². The van der Waals surface area contributed by atoms with Crippen molar-refractivity contribution >= 4 is 33.1 Å². The van der Waals surface area contributed by atoms with Crippen molar-refractivity contribution in [1.29, 1.82) is 0 Å². The second-order valence-corrected chi connectivity index (χ2v) is 5.12. The van der Waals surface area contributed by atoms with Gasteiger partial charge in [-0.1, -0.05) is 30.3 Å². The summed E-state index contributed by atoms with van der Waals surface area (Å²) in [5.41, 5.74) is 8.18. The highest BCUT2D eigenvalue weighted by Crippen LogP contribution is 2.39. The van der Waals surface area contributed by atoms with Crippen LogP contribution in [0.1, 0.15) is 17.5 Å². The smallest absolute Gasteiger partial charge is 0.197 e. The van der Waals surface area contributed by atoms with E-state index in [1.54, 1.807) is 11.3 Å². The molecule has 0 aliphatic heterocycles. The summed E-state index contributed by atoms with van der Waals surface area (Å²) >= 11 is 1.54. The van der Waals surface area contributed by atoms with E-state index in [1.165, 1.54) is 6.92 Å². The Morgan fingerprint density at radius 3 is 2.61 bits per heavy atom. The SMILES string of the molecule is CC(=O)c1oc2cc(-c3ccccc3)sc2c1N. The molecule has 3 rings (SSSR count). The van der Waals surface area contributed by atoms with Gasteiger partial charge in [0.15, 0.2) is 11.5 Å².